The molecule has 1 heterocycles. The number of hydrogen-bond donors (Lipinski definition) is 0. The molecule has 0 saturated carbocycles. The fourth-order valence-electron chi connectivity index (χ4n) is 2.01. The van der Waals surface area contributed by atoms with Gasteiger partial charge in [-0.2, -0.15) is 5.26 Å². The van der Waals surface area contributed by atoms with Crippen LogP contribution in [0.5, 0.6) is 0 Å². The summed E-state index contributed by atoms with van der Waals surface area (Å²) in [7, 11) is 0. The van der Waals surface area contributed by atoms with E-state index >= 15 is 0 Å². The van der Waals surface area contributed by atoms with Gasteiger partial charge in [-0.15, -0.1) is 0 Å². The van der Waals surface area contributed by atoms with Gasteiger partial charge < -0.3 is 4.57 Å². The third-order valence-electron chi connectivity index (χ3n) is 2.87. The number of para-hydroxylation sites is 1. The predicted molar refractivity (Wildman–Crippen MR) is 66.8 cm³/mol. The lowest BCUT2D eigenvalue weighted by atomic mass is 10.1. The summed E-state index contributed by atoms with van der Waals surface area (Å²) in [6, 6.07) is 9.96. The first kappa shape index (κ1) is 11.4. The summed E-state index contributed by atoms with van der Waals surface area (Å²) >= 11 is 0. The van der Waals surface area contributed by atoms with Crippen molar-refractivity contribution < 1.29 is 4.79 Å². The lowest BCUT2D eigenvalue weighted by Gasteiger charge is -2.00. The van der Waals surface area contributed by atoms with Gasteiger partial charge in [0.2, 0.25) is 0 Å². The van der Waals surface area contributed by atoms with E-state index in [0.717, 1.165) is 16.5 Å². The quantitative estimate of drug-likeness (QED) is 0.752. The zero-order valence-electron chi connectivity index (χ0n) is 9.81. The van der Waals surface area contributed by atoms with E-state index < -0.39 is 0 Å². The second-order valence-corrected chi connectivity index (χ2v) is 3.94. The molecule has 0 radical (unpaired) electrons. The zero-order chi connectivity index (χ0) is 12.3. The highest BCUT2D eigenvalue weighted by Crippen LogP contribution is 2.22. The Kier molecular flexibility index (Phi) is 3.24. The smallest absolute Gasteiger partial charge is 0.164 e. The molecule has 0 bridgehead atoms. The maximum absolute atomic E-state index is 11.8. The Bertz CT molecular complexity index is 590. The van der Waals surface area contributed by atoms with Gasteiger partial charge in [0.05, 0.1) is 12.5 Å². The van der Waals surface area contributed by atoms with E-state index in [1.54, 1.807) is 0 Å². The summed E-state index contributed by atoms with van der Waals surface area (Å²) in [5.74, 6) is 0.150. The van der Waals surface area contributed by atoms with Crippen LogP contribution in [0.3, 0.4) is 0 Å². The van der Waals surface area contributed by atoms with Gasteiger partial charge in [0, 0.05) is 35.6 Å². The molecule has 2 aromatic rings. The first-order chi connectivity index (χ1) is 8.27. The van der Waals surface area contributed by atoms with Crippen LogP contribution >= 0.6 is 0 Å². The van der Waals surface area contributed by atoms with E-state index in [0.29, 0.717) is 19.4 Å². The number of aryl methyl sites for hydroxylation is 1. The molecule has 3 nitrogen and oxygen atoms in total. The van der Waals surface area contributed by atoms with Gasteiger partial charge in [0.25, 0.3) is 0 Å². The van der Waals surface area contributed by atoms with Crippen molar-refractivity contribution in [1.29, 1.82) is 5.26 Å². The van der Waals surface area contributed by atoms with Crippen molar-refractivity contribution in [1.82, 2.24) is 4.57 Å². The van der Waals surface area contributed by atoms with Gasteiger partial charge in [0.15, 0.2) is 5.78 Å². The normalized spacial score (nSPS) is 10.4. The number of nitrogens with zero attached hydrogens (tertiary/aromatic N) is 2. The van der Waals surface area contributed by atoms with Crippen LogP contribution < -0.4 is 0 Å². The first-order valence-corrected chi connectivity index (χ1v) is 5.76. The molecule has 0 amide bonds. The highest BCUT2D eigenvalue weighted by atomic mass is 16.1. The van der Waals surface area contributed by atoms with Crippen molar-refractivity contribution in [3.63, 3.8) is 0 Å². The molecule has 0 spiro atoms. The topological polar surface area (TPSA) is 45.8 Å². The Morgan fingerprint density at radius 3 is 2.88 bits per heavy atom. The average Bonchev–Trinajstić information content (AvgIpc) is 2.74. The van der Waals surface area contributed by atoms with Crippen molar-refractivity contribution in [3.05, 3.63) is 36.0 Å². The Labute approximate surface area is 100 Å². The number of benzene rings is 1. The number of aromatic nitrogens is 1. The number of rotatable bonds is 4. The number of carbonyl (C=O) groups excluding carboxylic acids is 1. The van der Waals surface area contributed by atoms with E-state index in [9.17, 15) is 4.79 Å². The summed E-state index contributed by atoms with van der Waals surface area (Å²) < 4.78 is 1.99. The summed E-state index contributed by atoms with van der Waals surface area (Å²) in [5.41, 5.74) is 1.79. The number of ketones is 1. The lowest BCUT2D eigenvalue weighted by Crippen LogP contribution is -1.96. The van der Waals surface area contributed by atoms with Crippen LogP contribution in [-0.4, -0.2) is 10.4 Å². The van der Waals surface area contributed by atoms with Crippen LogP contribution in [-0.2, 0) is 6.54 Å². The second kappa shape index (κ2) is 4.84. The van der Waals surface area contributed by atoms with E-state index in [1.807, 2.05) is 42.0 Å². The molecule has 0 aliphatic rings. The van der Waals surface area contributed by atoms with Gasteiger partial charge in [-0.3, -0.25) is 4.79 Å². The molecular formula is C14H14N2O. The number of nitriles is 1. The minimum absolute atomic E-state index is 0.150. The molecule has 17 heavy (non-hydrogen) atoms. The summed E-state index contributed by atoms with van der Waals surface area (Å²) in [6.45, 7) is 2.50. The van der Waals surface area contributed by atoms with Gasteiger partial charge in [-0.1, -0.05) is 25.1 Å². The highest BCUT2D eigenvalue weighted by Gasteiger charge is 2.12. The van der Waals surface area contributed by atoms with Crippen LogP contribution in [0.15, 0.2) is 30.5 Å². The van der Waals surface area contributed by atoms with Crippen LogP contribution in [0.2, 0.25) is 0 Å². The van der Waals surface area contributed by atoms with Crippen molar-refractivity contribution in [3.8, 4) is 6.07 Å². The van der Waals surface area contributed by atoms with Gasteiger partial charge >= 0.3 is 0 Å². The third-order valence-corrected chi connectivity index (χ3v) is 2.87. The molecule has 0 atom stereocenters. The number of Topliss-reactive ketones (excluding diaryl/α,β-unsaturated/α-hetero) is 1. The SMILES string of the molecule is CCC(=O)c1cn(CCC#N)c2ccccc12. The van der Waals surface area contributed by atoms with E-state index in [-0.39, 0.29) is 5.78 Å². The minimum Gasteiger partial charge on any atom is -0.346 e. The Morgan fingerprint density at radius 2 is 2.18 bits per heavy atom. The van der Waals surface area contributed by atoms with Crippen LogP contribution in [0.1, 0.15) is 30.1 Å². The van der Waals surface area contributed by atoms with E-state index in [2.05, 4.69) is 6.07 Å². The molecule has 0 aliphatic carbocycles. The van der Waals surface area contributed by atoms with Crippen LogP contribution in [0, 0.1) is 11.3 Å². The molecule has 2 rings (SSSR count). The summed E-state index contributed by atoms with van der Waals surface area (Å²) in [5, 5.41) is 9.62. The molecule has 86 valence electrons. The molecule has 0 saturated heterocycles. The number of fused-ring (bicyclic) bond motifs is 1. The predicted octanol–water partition coefficient (Wildman–Crippen LogP) is 3.15. The average molecular weight is 226 g/mol. The fourth-order valence-corrected chi connectivity index (χ4v) is 2.01. The molecular weight excluding hydrogens is 212 g/mol. The minimum atomic E-state index is 0.150. The molecule has 1 aromatic carbocycles. The lowest BCUT2D eigenvalue weighted by molar-refractivity contribution is 0.0989. The standard InChI is InChI=1S/C14H14N2O/c1-2-14(17)12-10-16(9-5-8-15)13-7-4-3-6-11(12)13/h3-4,6-7,10H,2,5,9H2,1H3. The zero-order valence-corrected chi connectivity index (χ0v) is 9.81. The van der Waals surface area contributed by atoms with Gasteiger partial charge in [-0.25, -0.2) is 0 Å². The summed E-state index contributed by atoms with van der Waals surface area (Å²) in [6.07, 6.45) is 2.83. The van der Waals surface area contributed by atoms with Crippen molar-refractivity contribution >= 4 is 16.7 Å². The maximum atomic E-state index is 11.8. The molecule has 0 fully saturated rings. The summed E-state index contributed by atoms with van der Waals surface area (Å²) in [4.78, 5) is 11.8. The van der Waals surface area contributed by atoms with Gasteiger partial charge in [0.1, 0.15) is 0 Å². The molecule has 1 aromatic heterocycles. The van der Waals surface area contributed by atoms with Crippen LogP contribution in [0.25, 0.3) is 10.9 Å². The molecule has 0 aliphatic heterocycles. The number of hydrogen-bond acceptors (Lipinski definition) is 2. The molecule has 3 heteroatoms. The highest BCUT2D eigenvalue weighted by molar-refractivity contribution is 6.07. The third kappa shape index (κ3) is 2.07. The second-order valence-electron chi connectivity index (χ2n) is 3.94. The van der Waals surface area contributed by atoms with Crippen molar-refractivity contribution in [2.75, 3.05) is 0 Å². The van der Waals surface area contributed by atoms with E-state index in [1.165, 1.54) is 0 Å². The van der Waals surface area contributed by atoms with Crippen molar-refractivity contribution in [2.24, 2.45) is 0 Å². The largest absolute Gasteiger partial charge is 0.346 e. The fraction of sp³-hybridized carbons (Fsp3) is 0.286. The van der Waals surface area contributed by atoms with Gasteiger partial charge in [-0.05, 0) is 6.07 Å². The Morgan fingerprint density at radius 1 is 1.41 bits per heavy atom. The molecule has 0 N–H and O–H groups in total. The van der Waals surface area contributed by atoms with Crippen molar-refractivity contribution in [2.45, 2.75) is 26.3 Å². The Hall–Kier alpha value is -2.08. The monoisotopic (exact) mass is 226 g/mol. The van der Waals surface area contributed by atoms with Crippen LogP contribution in [0.4, 0.5) is 0 Å². The first-order valence-electron chi connectivity index (χ1n) is 5.76. The molecule has 0 unspecified atom stereocenters. The Balaban J connectivity index is 2.55. The maximum Gasteiger partial charge on any atom is 0.164 e. The number of carbonyl (C=O) groups is 1. The van der Waals surface area contributed by atoms with E-state index in [4.69, 9.17) is 5.26 Å².